The number of imidazole rings is 1. The molecule has 1 aromatic carbocycles. The molecule has 144 valence electrons. The van der Waals surface area contributed by atoms with Crippen LogP contribution in [0.2, 0.25) is 0 Å². The fourth-order valence-corrected chi connectivity index (χ4v) is 4.16. The zero-order valence-electron chi connectivity index (χ0n) is 15.9. The first-order valence-electron chi connectivity index (χ1n) is 10.0. The van der Waals surface area contributed by atoms with Crippen molar-refractivity contribution in [3.8, 4) is 0 Å². The molecule has 2 aliphatic rings. The molecule has 0 bridgehead atoms. The average molecular weight is 367 g/mol. The Morgan fingerprint density at radius 2 is 1.74 bits per heavy atom. The summed E-state index contributed by atoms with van der Waals surface area (Å²) in [4.78, 5) is 23.6. The van der Waals surface area contributed by atoms with Gasteiger partial charge in [-0.15, -0.1) is 0 Å². The predicted octanol–water partition coefficient (Wildman–Crippen LogP) is 1.94. The first-order valence-corrected chi connectivity index (χ1v) is 10.0. The monoisotopic (exact) mass is 367 g/mol. The van der Waals surface area contributed by atoms with Gasteiger partial charge < -0.3 is 14.4 Å². The smallest absolute Gasteiger partial charge is 0.236 e. The van der Waals surface area contributed by atoms with Gasteiger partial charge in [0, 0.05) is 50.8 Å². The van der Waals surface area contributed by atoms with E-state index in [-0.39, 0.29) is 5.91 Å². The van der Waals surface area contributed by atoms with Crippen molar-refractivity contribution in [2.75, 3.05) is 50.7 Å². The molecule has 4 rings (SSSR count). The van der Waals surface area contributed by atoms with E-state index < -0.39 is 0 Å². The summed E-state index contributed by atoms with van der Waals surface area (Å²) >= 11 is 0. The molecule has 1 amide bonds. The third-order valence-corrected chi connectivity index (χ3v) is 5.85. The number of hydrogen-bond donors (Lipinski definition) is 0. The van der Waals surface area contributed by atoms with Gasteiger partial charge in [0.25, 0.3) is 0 Å². The van der Waals surface area contributed by atoms with Crippen LogP contribution in [-0.4, -0.2) is 71.1 Å². The number of rotatable bonds is 5. The van der Waals surface area contributed by atoms with Gasteiger partial charge >= 0.3 is 0 Å². The third kappa shape index (κ3) is 4.69. The van der Waals surface area contributed by atoms with Crippen LogP contribution < -0.4 is 4.90 Å². The van der Waals surface area contributed by atoms with Crippen molar-refractivity contribution in [1.29, 1.82) is 0 Å². The number of nitrogens with zero attached hydrogens (tertiary/aromatic N) is 5. The molecule has 0 N–H and O–H groups in total. The van der Waals surface area contributed by atoms with E-state index in [9.17, 15) is 4.79 Å². The molecule has 27 heavy (non-hydrogen) atoms. The molecule has 3 heterocycles. The van der Waals surface area contributed by atoms with Gasteiger partial charge in [0.05, 0.1) is 12.9 Å². The number of carbonyl (C=O) groups is 1. The van der Waals surface area contributed by atoms with Gasteiger partial charge in [0.1, 0.15) is 0 Å². The lowest BCUT2D eigenvalue weighted by Crippen LogP contribution is -2.52. The Morgan fingerprint density at radius 3 is 2.41 bits per heavy atom. The van der Waals surface area contributed by atoms with Gasteiger partial charge in [-0.3, -0.25) is 9.69 Å². The molecule has 2 fully saturated rings. The summed E-state index contributed by atoms with van der Waals surface area (Å²) in [6.07, 6.45) is 8.09. The van der Waals surface area contributed by atoms with Crippen molar-refractivity contribution in [3.63, 3.8) is 0 Å². The minimum atomic E-state index is 0.288. The average Bonchev–Trinajstić information content (AvgIpc) is 3.23. The number of piperidine rings is 1. The number of amides is 1. The Morgan fingerprint density at radius 1 is 1.00 bits per heavy atom. The summed E-state index contributed by atoms with van der Waals surface area (Å²) in [6.45, 7) is 7.15. The van der Waals surface area contributed by atoms with Gasteiger partial charge in [0.15, 0.2) is 0 Å². The fraction of sp³-hybridized carbons (Fsp3) is 0.524. The van der Waals surface area contributed by atoms with Gasteiger partial charge in [-0.25, -0.2) is 4.98 Å². The van der Waals surface area contributed by atoms with Crippen molar-refractivity contribution >= 4 is 11.6 Å². The molecule has 2 aliphatic heterocycles. The summed E-state index contributed by atoms with van der Waals surface area (Å²) in [5.74, 6) is 0.982. The van der Waals surface area contributed by atoms with E-state index in [4.69, 9.17) is 0 Å². The standard InChI is InChI=1S/C21H29N5O/c27-21(26-14-12-25(13-15-26)20-4-2-1-3-5-20)17-23-9-6-19(7-10-23)16-24-11-8-22-18-24/h1-5,8,11,18-19H,6-7,9-10,12-17H2. The maximum absolute atomic E-state index is 12.7. The summed E-state index contributed by atoms with van der Waals surface area (Å²) in [5, 5.41) is 0. The number of hydrogen-bond acceptors (Lipinski definition) is 4. The Labute approximate surface area is 161 Å². The molecular weight excluding hydrogens is 338 g/mol. The number of para-hydroxylation sites is 1. The van der Waals surface area contributed by atoms with E-state index in [1.807, 2.05) is 29.7 Å². The van der Waals surface area contributed by atoms with Crippen molar-refractivity contribution in [2.24, 2.45) is 5.92 Å². The third-order valence-electron chi connectivity index (χ3n) is 5.85. The summed E-state index contributed by atoms with van der Waals surface area (Å²) in [6, 6.07) is 10.5. The highest BCUT2D eigenvalue weighted by Crippen LogP contribution is 2.20. The van der Waals surface area contributed by atoms with Crippen LogP contribution in [0.1, 0.15) is 12.8 Å². The highest BCUT2D eigenvalue weighted by molar-refractivity contribution is 5.78. The zero-order chi connectivity index (χ0) is 18.5. The molecule has 0 saturated carbocycles. The largest absolute Gasteiger partial charge is 0.368 e. The normalized spacial score (nSPS) is 19.4. The molecule has 1 aromatic heterocycles. The number of likely N-dealkylation sites (tertiary alicyclic amines) is 1. The molecule has 2 aromatic rings. The van der Waals surface area contributed by atoms with Crippen LogP contribution in [0.15, 0.2) is 49.1 Å². The van der Waals surface area contributed by atoms with Crippen LogP contribution in [-0.2, 0) is 11.3 Å². The lowest BCUT2D eigenvalue weighted by molar-refractivity contribution is -0.133. The molecule has 6 heteroatoms. The second-order valence-electron chi connectivity index (χ2n) is 7.68. The van der Waals surface area contributed by atoms with Crippen LogP contribution in [0.3, 0.4) is 0 Å². The Hall–Kier alpha value is -2.34. The van der Waals surface area contributed by atoms with Crippen molar-refractivity contribution in [3.05, 3.63) is 49.1 Å². The Kier molecular flexibility index (Phi) is 5.72. The summed E-state index contributed by atoms with van der Waals surface area (Å²) in [5.41, 5.74) is 1.25. The first-order chi connectivity index (χ1) is 13.3. The van der Waals surface area contributed by atoms with Crippen LogP contribution in [0, 0.1) is 5.92 Å². The van der Waals surface area contributed by atoms with Crippen LogP contribution >= 0.6 is 0 Å². The minimum absolute atomic E-state index is 0.288. The first kappa shape index (κ1) is 18.0. The number of carbonyl (C=O) groups excluding carboxylic acids is 1. The quantitative estimate of drug-likeness (QED) is 0.810. The van der Waals surface area contributed by atoms with Crippen LogP contribution in [0.4, 0.5) is 5.69 Å². The van der Waals surface area contributed by atoms with Crippen molar-refractivity contribution in [2.45, 2.75) is 19.4 Å². The van der Waals surface area contributed by atoms with E-state index >= 15 is 0 Å². The molecule has 2 saturated heterocycles. The summed E-state index contributed by atoms with van der Waals surface area (Å²) < 4.78 is 2.16. The van der Waals surface area contributed by atoms with E-state index in [2.05, 4.69) is 43.6 Å². The van der Waals surface area contributed by atoms with E-state index in [1.165, 1.54) is 5.69 Å². The van der Waals surface area contributed by atoms with Crippen LogP contribution in [0.5, 0.6) is 0 Å². The van der Waals surface area contributed by atoms with Gasteiger partial charge in [-0.05, 0) is 44.0 Å². The van der Waals surface area contributed by atoms with Crippen molar-refractivity contribution < 1.29 is 4.79 Å². The highest BCUT2D eigenvalue weighted by Gasteiger charge is 2.25. The minimum Gasteiger partial charge on any atom is -0.368 e. The Bertz CT molecular complexity index is 701. The van der Waals surface area contributed by atoms with E-state index in [1.54, 1.807) is 0 Å². The SMILES string of the molecule is O=C(CN1CCC(Cn2ccnc2)CC1)N1CCN(c2ccccc2)CC1. The Balaban J connectivity index is 1.19. The second kappa shape index (κ2) is 8.57. The second-order valence-corrected chi connectivity index (χ2v) is 7.68. The molecule has 0 radical (unpaired) electrons. The lowest BCUT2D eigenvalue weighted by atomic mass is 9.96. The fourth-order valence-electron chi connectivity index (χ4n) is 4.16. The number of benzene rings is 1. The molecule has 0 atom stereocenters. The highest BCUT2D eigenvalue weighted by atomic mass is 16.2. The van der Waals surface area contributed by atoms with Gasteiger partial charge in [-0.2, -0.15) is 0 Å². The van der Waals surface area contributed by atoms with Crippen molar-refractivity contribution in [1.82, 2.24) is 19.4 Å². The predicted molar refractivity (Wildman–Crippen MR) is 107 cm³/mol. The number of aromatic nitrogens is 2. The summed E-state index contributed by atoms with van der Waals surface area (Å²) in [7, 11) is 0. The maximum atomic E-state index is 12.7. The molecule has 0 spiro atoms. The zero-order valence-corrected chi connectivity index (χ0v) is 15.9. The number of piperazine rings is 1. The molecular formula is C21H29N5O. The van der Waals surface area contributed by atoms with Gasteiger partial charge in [-0.1, -0.05) is 18.2 Å². The van der Waals surface area contributed by atoms with Crippen LogP contribution in [0.25, 0.3) is 0 Å². The maximum Gasteiger partial charge on any atom is 0.236 e. The molecule has 6 nitrogen and oxygen atoms in total. The molecule has 0 aliphatic carbocycles. The van der Waals surface area contributed by atoms with E-state index in [0.29, 0.717) is 12.5 Å². The van der Waals surface area contributed by atoms with Gasteiger partial charge in [0.2, 0.25) is 5.91 Å². The lowest BCUT2D eigenvalue weighted by Gasteiger charge is -2.38. The number of anilines is 1. The molecule has 0 unspecified atom stereocenters. The van der Waals surface area contributed by atoms with E-state index in [0.717, 1.165) is 58.7 Å². The topological polar surface area (TPSA) is 44.6 Å².